The summed E-state index contributed by atoms with van der Waals surface area (Å²) in [6.07, 6.45) is 2.42. The number of nitrogens with one attached hydrogen (secondary N) is 1. The van der Waals surface area contributed by atoms with Crippen LogP contribution in [0, 0.1) is 6.92 Å². The highest BCUT2D eigenvalue weighted by molar-refractivity contribution is 9.10. The van der Waals surface area contributed by atoms with Crippen molar-refractivity contribution in [2.75, 3.05) is 13.2 Å². The summed E-state index contributed by atoms with van der Waals surface area (Å²) in [6, 6.07) is 17.5. The lowest BCUT2D eigenvalue weighted by molar-refractivity contribution is -0.123. The van der Waals surface area contributed by atoms with E-state index in [-0.39, 0.29) is 18.4 Å². The Labute approximate surface area is 226 Å². The largest absolute Gasteiger partial charge is 0.494 e. The molecule has 0 aliphatic rings. The SMILES string of the molecule is CCCOc1ccc(C(=O)Oc2ccc(C=NNC(=O)COc3cc(C)c(Br)cc3C(C)C)cc2)cc1. The second-order valence-electron chi connectivity index (χ2n) is 8.71. The molecule has 0 atom stereocenters. The molecule has 1 N–H and O–H groups in total. The van der Waals surface area contributed by atoms with Gasteiger partial charge in [0.25, 0.3) is 5.91 Å². The van der Waals surface area contributed by atoms with Crippen LogP contribution in [0.15, 0.2) is 70.2 Å². The van der Waals surface area contributed by atoms with Crippen LogP contribution in [-0.4, -0.2) is 31.3 Å². The van der Waals surface area contributed by atoms with Crippen LogP contribution < -0.4 is 19.6 Å². The first-order valence-electron chi connectivity index (χ1n) is 12.1. The number of nitrogens with zero attached hydrogens (tertiary/aromatic N) is 1. The summed E-state index contributed by atoms with van der Waals surface area (Å²) in [4.78, 5) is 24.6. The average Bonchev–Trinajstić information content (AvgIpc) is 2.89. The van der Waals surface area contributed by atoms with Gasteiger partial charge in [-0.05, 0) is 96.6 Å². The molecule has 0 heterocycles. The summed E-state index contributed by atoms with van der Waals surface area (Å²) in [6.45, 7) is 8.62. The average molecular weight is 567 g/mol. The summed E-state index contributed by atoms with van der Waals surface area (Å²) in [5, 5.41) is 3.98. The van der Waals surface area contributed by atoms with Gasteiger partial charge in [-0.3, -0.25) is 4.79 Å². The van der Waals surface area contributed by atoms with Crippen molar-refractivity contribution in [1.82, 2.24) is 5.43 Å². The summed E-state index contributed by atoms with van der Waals surface area (Å²) in [7, 11) is 0. The van der Waals surface area contributed by atoms with Crippen LogP contribution in [0.3, 0.4) is 0 Å². The van der Waals surface area contributed by atoms with Gasteiger partial charge in [-0.2, -0.15) is 5.10 Å². The number of halogens is 1. The fraction of sp³-hybridized carbons (Fsp3) is 0.276. The van der Waals surface area contributed by atoms with E-state index in [0.29, 0.717) is 29.4 Å². The fourth-order valence-electron chi connectivity index (χ4n) is 3.30. The van der Waals surface area contributed by atoms with Crippen LogP contribution >= 0.6 is 15.9 Å². The lowest BCUT2D eigenvalue weighted by Gasteiger charge is -2.15. The molecule has 0 unspecified atom stereocenters. The highest BCUT2D eigenvalue weighted by Crippen LogP contribution is 2.32. The van der Waals surface area contributed by atoms with Crippen molar-refractivity contribution in [3.63, 3.8) is 0 Å². The third kappa shape index (κ3) is 8.46. The van der Waals surface area contributed by atoms with Gasteiger partial charge in [0.05, 0.1) is 18.4 Å². The van der Waals surface area contributed by atoms with Gasteiger partial charge in [0.15, 0.2) is 6.61 Å². The highest BCUT2D eigenvalue weighted by Gasteiger charge is 2.13. The molecule has 3 rings (SSSR count). The van der Waals surface area contributed by atoms with Crippen LogP contribution in [0.5, 0.6) is 17.2 Å². The van der Waals surface area contributed by atoms with Crippen molar-refractivity contribution >= 4 is 34.0 Å². The molecule has 0 aromatic heterocycles. The van der Waals surface area contributed by atoms with Gasteiger partial charge in [0.2, 0.25) is 0 Å². The molecule has 37 heavy (non-hydrogen) atoms. The van der Waals surface area contributed by atoms with Gasteiger partial charge >= 0.3 is 5.97 Å². The maximum absolute atomic E-state index is 12.4. The lowest BCUT2D eigenvalue weighted by atomic mass is 10.0. The van der Waals surface area contributed by atoms with Gasteiger partial charge in [0, 0.05) is 4.47 Å². The first-order valence-corrected chi connectivity index (χ1v) is 12.9. The minimum Gasteiger partial charge on any atom is -0.494 e. The van der Waals surface area contributed by atoms with Crippen molar-refractivity contribution in [1.29, 1.82) is 0 Å². The standard InChI is InChI=1S/C29H31BrN2O5/c1-5-14-35-23-12-8-22(9-13-23)29(34)37-24-10-6-21(7-11-24)17-31-32-28(33)18-36-27-15-20(4)26(30)16-25(27)19(2)3/h6-13,15-17,19H,5,14,18H2,1-4H3,(H,32,33). The Morgan fingerprint density at radius 3 is 2.32 bits per heavy atom. The van der Waals surface area contributed by atoms with E-state index in [4.69, 9.17) is 14.2 Å². The number of hydrogen-bond donors (Lipinski definition) is 1. The van der Waals surface area contributed by atoms with Crippen LogP contribution in [0.2, 0.25) is 0 Å². The summed E-state index contributed by atoms with van der Waals surface area (Å²) in [5.74, 6) is 1.21. The van der Waals surface area contributed by atoms with Gasteiger partial charge in [-0.15, -0.1) is 0 Å². The van der Waals surface area contributed by atoms with Crippen LogP contribution in [-0.2, 0) is 4.79 Å². The monoisotopic (exact) mass is 566 g/mol. The Morgan fingerprint density at radius 1 is 1.00 bits per heavy atom. The predicted octanol–water partition coefficient (Wildman–Crippen LogP) is 6.42. The van der Waals surface area contributed by atoms with Crippen molar-refractivity contribution in [2.24, 2.45) is 5.10 Å². The molecule has 3 aromatic carbocycles. The zero-order valence-electron chi connectivity index (χ0n) is 21.4. The van der Waals surface area contributed by atoms with Gasteiger partial charge in [-0.1, -0.05) is 36.7 Å². The number of esters is 1. The van der Waals surface area contributed by atoms with E-state index in [1.54, 1.807) is 48.5 Å². The maximum atomic E-state index is 12.4. The number of hydrazone groups is 1. The number of carbonyl (C=O) groups excluding carboxylic acids is 2. The second kappa shape index (κ2) is 13.6. The Balaban J connectivity index is 1.48. The molecule has 0 saturated heterocycles. The molecular weight excluding hydrogens is 536 g/mol. The molecule has 0 aliphatic heterocycles. The number of ether oxygens (including phenoxy) is 3. The van der Waals surface area contributed by atoms with Crippen molar-refractivity contribution in [2.45, 2.75) is 40.0 Å². The van der Waals surface area contributed by atoms with Crippen LogP contribution in [0.4, 0.5) is 0 Å². The summed E-state index contributed by atoms with van der Waals surface area (Å²) >= 11 is 3.54. The number of hydrogen-bond acceptors (Lipinski definition) is 6. The normalized spacial score (nSPS) is 11.0. The van der Waals surface area contributed by atoms with E-state index < -0.39 is 5.97 Å². The molecule has 0 bridgehead atoms. The third-order valence-corrected chi connectivity index (χ3v) is 6.18. The topological polar surface area (TPSA) is 86.2 Å². The van der Waals surface area contributed by atoms with Crippen LogP contribution in [0.25, 0.3) is 0 Å². The fourth-order valence-corrected chi connectivity index (χ4v) is 3.66. The molecule has 7 nitrogen and oxygen atoms in total. The van der Waals surface area contributed by atoms with E-state index in [0.717, 1.165) is 27.6 Å². The summed E-state index contributed by atoms with van der Waals surface area (Å²) < 4.78 is 17.7. The highest BCUT2D eigenvalue weighted by atomic mass is 79.9. The molecule has 3 aromatic rings. The molecule has 1 amide bonds. The van der Waals surface area contributed by atoms with E-state index >= 15 is 0 Å². The Hall–Kier alpha value is -3.65. The smallest absolute Gasteiger partial charge is 0.343 e. The van der Waals surface area contributed by atoms with Crippen molar-refractivity contribution < 1.29 is 23.8 Å². The van der Waals surface area contributed by atoms with Crippen molar-refractivity contribution in [3.8, 4) is 17.2 Å². The minimum atomic E-state index is -0.461. The first-order chi connectivity index (χ1) is 17.8. The third-order valence-electron chi connectivity index (χ3n) is 5.33. The summed E-state index contributed by atoms with van der Waals surface area (Å²) in [5.41, 5.74) is 5.67. The minimum absolute atomic E-state index is 0.154. The molecule has 8 heteroatoms. The van der Waals surface area contributed by atoms with Crippen molar-refractivity contribution in [3.05, 3.63) is 87.4 Å². The Morgan fingerprint density at radius 2 is 1.68 bits per heavy atom. The zero-order chi connectivity index (χ0) is 26.8. The van der Waals surface area contributed by atoms with E-state index in [9.17, 15) is 9.59 Å². The second-order valence-corrected chi connectivity index (χ2v) is 9.56. The maximum Gasteiger partial charge on any atom is 0.343 e. The Bertz CT molecular complexity index is 1240. The number of rotatable bonds is 11. The van der Waals surface area contributed by atoms with E-state index in [2.05, 4.69) is 40.3 Å². The number of amides is 1. The quantitative estimate of drug-likeness (QED) is 0.125. The molecule has 0 saturated carbocycles. The molecular formula is C29H31BrN2O5. The molecule has 0 aliphatic carbocycles. The molecule has 0 radical (unpaired) electrons. The number of aryl methyl sites for hydroxylation is 1. The van der Waals surface area contributed by atoms with Gasteiger partial charge < -0.3 is 14.2 Å². The molecule has 194 valence electrons. The predicted molar refractivity (Wildman–Crippen MR) is 148 cm³/mol. The lowest BCUT2D eigenvalue weighted by Crippen LogP contribution is -2.25. The first kappa shape index (κ1) is 27.9. The van der Waals surface area contributed by atoms with Gasteiger partial charge in [0.1, 0.15) is 17.2 Å². The molecule has 0 spiro atoms. The number of carbonyl (C=O) groups is 2. The van der Waals surface area contributed by atoms with E-state index in [1.165, 1.54) is 6.21 Å². The zero-order valence-corrected chi connectivity index (χ0v) is 23.0. The van der Waals surface area contributed by atoms with Crippen LogP contribution in [0.1, 0.15) is 60.2 Å². The number of benzene rings is 3. The molecule has 0 fully saturated rings. The van der Waals surface area contributed by atoms with Gasteiger partial charge in [-0.25, -0.2) is 10.2 Å². The van der Waals surface area contributed by atoms with E-state index in [1.807, 2.05) is 26.0 Å². The Kier molecular flexibility index (Phi) is 10.3.